The van der Waals surface area contributed by atoms with Gasteiger partial charge in [0.25, 0.3) is 0 Å². The Labute approximate surface area is 119 Å². The SMILES string of the molecule is CCCC(CC(=O)O)NC(=O)NC1CCCS(=O)(=O)C1. The summed E-state index contributed by atoms with van der Waals surface area (Å²) in [7, 11) is -3.07. The first-order valence-corrected chi connectivity index (χ1v) is 8.63. The van der Waals surface area contributed by atoms with Crippen LogP contribution in [0, 0.1) is 0 Å². The molecular formula is C12H22N2O5S. The standard InChI is InChI=1S/C12H22N2O5S/c1-2-4-9(7-11(15)16)13-12(17)14-10-5-3-6-20(18,19)8-10/h9-10H,2-8H2,1H3,(H,15,16)(H2,13,14,17). The number of carboxylic acid groups (broad SMARTS) is 1. The van der Waals surface area contributed by atoms with Crippen LogP contribution in [0.4, 0.5) is 4.79 Å². The molecule has 1 aliphatic heterocycles. The largest absolute Gasteiger partial charge is 0.481 e. The van der Waals surface area contributed by atoms with Gasteiger partial charge in [0.1, 0.15) is 0 Å². The molecule has 0 radical (unpaired) electrons. The van der Waals surface area contributed by atoms with Gasteiger partial charge in [0.2, 0.25) is 0 Å². The molecule has 0 saturated carbocycles. The van der Waals surface area contributed by atoms with E-state index in [1.54, 1.807) is 0 Å². The van der Waals surface area contributed by atoms with Crippen molar-refractivity contribution in [1.29, 1.82) is 0 Å². The van der Waals surface area contributed by atoms with Crippen molar-refractivity contribution >= 4 is 21.8 Å². The minimum atomic E-state index is -3.07. The number of urea groups is 1. The van der Waals surface area contributed by atoms with Gasteiger partial charge in [-0.15, -0.1) is 0 Å². The number of hydrogen-bond donors (Lipinski definition) is 3. The quantitative estimate of drug-likeness (QED) is 0.661. The second kappa shape index (κ2) is 7.47. The molecule has 2 atom stereocenters. The predicted molar refractivity (Wildman–Crippen MR) is 74.3 cm³/mol. The molecule has 1 saturated heterocycles. The van der Waals surface area contributed by atoms with Crippen LogP contribution in [0.2, 0.25) is 0 Å². The van der Waals surface area contributed by atoms with Gasteiger partial charge < -0.3 is 15.7 Å². The van der Waals surface area contributed by atoms with E-state index >= 15 is 0 Å². The van der Waals surface area contributed by atoms with Gasteiger partial charge in [-0.2, -0.15) is 0 Å². The number of carbonyl (C=O) groups excluding carboxylic acids is 1. The summed E-state index contributed by atoms with van der Waals surface area (Å²) in [4.78, 5) is 22.5. The summed E-state index contributed by atoms with van der Waals surface area (Å²) < 4.78 is 22.9. The van der Waals surface area contributed by atoms with Crippen LogP contribution in [0.5, 0.6) is 0 Å². The van der Waals surface area contributed by atoms with Crippen molar-refractivity contribution in [2.24, 2.45) is 0 Å². The summed E-state index contributed by atoms with van der Waals surface area (Å²) in [6, 6.07) is -1.31. The Bertz CT molecular complexity index is 449. The second-order valence-electron chi connectivity index (χ2n) is 5.15. The van der Waals surface area contributed by atoms with Crippen LogP contribution in [0.3, 0.4) is 0 Å². The number of carboxylic acids is 1. The minimum Gasteiger partial charge on any atom is -0.481 e. The Morgan fingerprint density at radius 3 is 2.65 bits per heavy atom. The van der Waals surface area contributed by atoms with Crippen LogP contribution >= 0.6 is 0 Å². The monoisotopic (exact) mass is 306 g/mol. The van der Waals surface area contributed by atoms with Crippen molar-refractivity contribution in [2.75, 3.05) is 11.5 Å². The molecule has 1 heterocycles. The number of sulfone groups is 1. The first kappa shape index (κ1) is 16.7. The van der Waals surface area contributed by atoms with Crippen molar-refractivity contribution in [3.05, 3.63) is 0 Å². The van der Waals surface area contributed by atoms with E-state index in [0.717, 1.165) is 6.42 Å². The number of aliphatic carboxylic acids is 1. The zero-order chi connectivity index (χ0) is 15.2. The summed E-state index contributed by atoms with van der Waals surface area (Å²) in [5.74, 6) is -0.841. The minimum absolute atomic E-state index is 0.0439. The van der Waals surface area contributed by atoms with E-state index in [0.29, 0.717) is 19.3 Å². The van der Waals surface area contributed by atoms with Crippen molar-refractivity contribution in [2.45, 2.75) is 51.1 Å². The molecule has 2 unspecified atom stereocenters. The molecule has 0 aromatic carbocycles. The molecule has 3 N–H and O–H groups in total. The normalized spacial score (nSPS) is 22.8. The van der Waals surface area contributed by atoms with Gasteiger partial charge in [0.05, 0.1) is 17.9 Å². The van der Waals surface area contributed by atoms with E-state index in [9.17, 15) is 18.0 Å². The Hall–Kier alpha value is -1.31. The highest BCUT2D eigenvalue weighted by molar-refractivity contribution is 7.91. The fourth-order valence-corrected chi connectivity index (χ4v) is 3.97. The highest BCUT2D eigenvalue weighted by Crippen LogP contribution is 2.12. The third-order valence-electron chi connectivity index (χ3n) is 3.19. The lowest BCUT2D eigenvalue weighted by Gasteiger charge is -2.24. The molecule has 7 nitrogen and oxygen atoms in total. The maximum Gasteiger partial charge on any atom is 0.315 e. The Morgan fingerprint density at radius 1 is 1.40 bits per heavy atom. The number of amides is 2. The summed E-state index contributed by atoms with van der Waals surface area (Å²) in [6.07, 6.45) is 2.37. The summed E-state index contributed by atoms with van der Waals surface area (Å²) in [5, 5.41) is 14.0. The molecule has 20 heavy (non-hydrogen) atoms. The van der Waals surface area contributed by atoms with Gasteiger partial charge in [-0.05, 0) is 19.3 Å². The first-order valence-electron chi connectivity index (χ1n) is 6.81. The van der Waals surface area contributed by atoms with Crippen molar-refractivity contribution in [3.8, 4) is 0 Å². The maximum absolute atomic E-state index is 11.8. The van der Waals surface area contributed by atoms with E-state index in [-0.39, 0.29) is 24.0 Å². The Kier molecular flexibility index (Phi) is 6.25. The van der Waals surface area contributed by atoms with Crippen LogP contribution in [-0.2, 0) is 14.6 Å². The summed E-state index contributed by atoms with van der Waals surface area (Å²) in [5.41, 5.74) is 0. The Morgan fingerprint density at radius 2 is 2.10 bits per heavy atom. The lowest BCUT2D eigenvalue weighted by atomic mass is 10.1. The molecule has 0 bridgehead atoms. The molecular weight excluding hydrogens is 284 g/mol. The zero-order valence-electron chi connectivity index (χ0n) is 11.6. The molecule has 0 spiro atoms. The number of nitrogens with one attached hydrogen (secondary N) is 2. The van der Waals surface area contributed by atoms with Gasteiger partial charge in [-0.25, -0.2) is 13.2 Å². The summed E-state index contributed by atoms with van der Waals surface area (Å²) >= 11 is 0. The van der Waals surface area contributed by atoms with Crippen LogP contribution in [-0.4, -0.2) is 49.1 Å². The zero-order valence-corrected chi connectivity index (χ0v) is 12.4. The van der Waals surface area contributed by atoms with E-state index in [1.165, 1.54) is 0 Å². The van der Waals surface area contributed by atoms with Crippen LogP contribution in [0.15, 0.2) is 0 Å². The fourth-order valence-electron chi connectivity index (χ4n) is 2.33. The number of hydrogen-bond acceptors (Lipinski definition) is 4. The molecule has 2 amide bonds. The average molecular weight is 306 g/mol. The molecule has 0 aromatic heterocycles. The molecule has 1 fully saturated rings. The second-order valence-corrected chi connectivity index (χ2v) is 7.38. The van der Waals surface area contributed by atoms with Crippen molar-refractivity contribution in [3.63, 3.8) is 0 Å². The predicted octanol–water partition coefficient (Wildman–Crippen LogP) is 0.506. The van der Waals surface area contributed by atoms with Crippen LogP contribution < -0.4 is 10.6 Å². The molecule has 0 aliphatic carbocycles. The molecule has 0 aromatic rings. The van der Waals surface area contributed by atoms with E-state index in [4.69, 9.17) is 5.11 Å². The van der Waals surface area contributed by atoms with Crippen molar-refractivity contribution in [1.82, 2.24) is 10.6 Å². The van der Waals surface area contributed by atoms with Gasteiger partial charge in [0.15, 0.2) is 9.84 Å². The van der Waals surface area contributed by atoms with Gasteiger partial charge in [-0.3, -0.25) is 4.79 Å². The highest BCUT2D eigenvalue weighted by Gasteiger charge is 2.26. The fraction of sp³-hybridized carbons (Fsp3) is 0.833. The average Bonchev–Trinajstić information content (AvgIpc) is 2.26. The summed E-state index contributed by atoms with van der Waals surface area (Å²) in [6.45, 7) is 1.90. The topological polar surface area (TPSA) is 113 Å². The third-order valence-corrected chi connectivity index (χ3v) is 5.01. The van der Waals surface area contributed by atoms with Crippen molar-refractivity contribution < 1.29 is 23.1 Å². The molecule has 1 aliphatic rings. The maximum atomic E-state index is 11.8. The van der Waals surface area contributed by atoms with E-state index in [2.05, 4.69) is 10.6 Å². The van der Waals surface area contributed by atoms with E-state index < -0.39 is 27.9 Å². The Balaban J connectivity index is 2.46. The van der Waals surface area contributed by atoms with Gasteiger partial charge >= 0.3 is 12.0 Å². The lowest BCUT2D eigenvalue weighted by molar-refractivity contribution is -0.137. The van der Waals surface area contributed by atoms with Gasteiger partial charge in [0, 0.05) is 12.1 Å². The number of carbonyl (C=O) groups is 2. The van der Waals surface area contributed by atoms with Gasteiger partial charge in [-0.1, -0.05) is 13.3 Å². The van der Waals surface area contributed by atoms with Crippen LogP contribution in [0.1, 0.15) is 39.0 Å². The van der Waals surface area contributed by atoms with E-state index in [1.807, 2.05) is 6.92 Å². The smallest absolute Gasteiger partial charge is 0.315 e. The molecule has 1 rings (SSSR count). The highest BCUT2D eigenvalue weighted by atomic mass is 32.2. The lowest BCUT2D eigenvalue weighted by Crippen LogP contribution is -2.50. The third kappa shape index (κ3) is 6.23. The van der Waals surface area contributed by atoms with Crippen LogP contribution in [0.25, 0.3) is 0 Å². The first-order chi connectivity index (χ1) is 9.32. The number of rotatable bonds is 6. The molecule has 116 valence electrons. The molecule has 8 heteroatoms.